The van der Waals surface area contributed by atoms with Gasteiger partial charge in [-0.3, -0.25) is 14.4 Å². The van der Waals surface area contributed by atoms with E-state index in [1.807, 2.05) is 30.5 Å². The van der Waals surface area contributed by atoms with Crippen molar-refractivity contribution in [3.05, 3.63) is 36.0 Å². The number of rotatable bonds is 9. The van der Waals surface area contributed by atoms with Crippen LogP contribution in [0.5, 0.6) is 0 Å². The summed E-state index contributed by atoms with van der Waals surface area (Å²) in [5, 5.41) is 6.77. The number of carbonyl (C=O) groups is 3. The highest BCUT2D eigenvalue weighted by Gasteiger charge is 2.33. The molecule has 140 valence electrons. The number of aromatic amines is 1. The molecule has 0 bridgehead atoms. The lowest BCUT2D eigenvalue weighted by Crippen LogP contribution is -2.57. The van der Waals surface area contributed by atoms with Crippen molar-refractivity contribution in [2.75, 3.05) is 7.05 Å². The molecular weight excluding hydrogens is 332 g/mol. The molecule has 0 aliphatic rings. The van der Waals surface area contributed by atoms with Crippen molar-refractivity contribution < 1.29 is 14.4 Å². The number of ketones is 1. The Hall–Kier alpha value is -2.67. The molecule has 1 unspecified atom stereocenters. The van der Waals surface area contributed by atoms with Gasteiger partial charge in [0.1, 0.15) is 0 Å². The van der Waals surface area contributed by atoms with Gasteiger partial charge in [0, 0.05) is 29.9 Å². The fourth-order valence-corrected chi connectivity index (χ4v) is 2.86. The van der Waals surface area contributed by atoms with Crippen molar-refractivity contribution in [1.29, 1.82) is 0 Å². The SMILES string of the molecule is CNC(C)(CCC(N)=O)C(=O)N[C@@H](Cc1c[nH]c2ccccc12)C(C)=O. The number of fused-ring (bicyclic) bond motifs is 1. The Balaban J connectivity index is 2.15. The summed E-state index contributed by atoms with van der Waals surface area (Å²) in [7, 11) is 1.64. The highest BCUT2D eigenvalue weighted by molar-refractivity contribution is 5.93. The number of nitrogens with two attached hydrogens (primary N) is 1. The van der Waals surface area contributed by atoms with Crippen molar-refractivity contribution in [2.45, 2.75) is 44.7 Å². The van der Waals surface area contributed by atoms with Crippen molar-refractivity contribution in [1.82, 2.24) is 15.6 Å². The first-order valence-electron chi connectivity index (χ1n) is 8.60. The molecule has 2 amide bonds. The molecule has 1 heterocycles. The number of para-hydroxylation sites is 1. The van der Waals surface area contributed by atoms with E-state index in [1.165, 1.54) is 6.92 Å². The molecular formula is C19H26N4O3. The van der Waals surface area contributed by atoms with Gasteiger partial charge >= 0.3 is 0 Å². The van der Waals surface area contributed by atoms with Gasteiger partial charge in [-0.25, -0.2) is 0 Å². The first-order chi connectivity index (χ1) is 12.3. The molecule has 0 saturated heterocycles. The van der Waals surface area contributed by atoms with Gasteiger partial charge in [-0.05, 0) is 38.9 Å². The third-order valence-corrected chi connectivity index (χ3v) is 4.82. The molecule has 2 aromatic rings. The molecule has 0 radical (unpaired) electrons. The van der Waals surface area contributed by atoms with Crippen molar-refractivity contribution in [2.24, 2.45) is 5.73 Å². The van der Waals surface area contributed by atoms with Crippen LogP contribution in [0.1, 0.15) is 32.3 Å². The van der Waals surface area contributed by atoms with Gasteiger partial charge in [-0.2, -0.15) is 0 Å². The van der Waals surface area contributed by atoms with Crippen molar-refractivity contribution >= 4 is 28.5 Å². The van der Waals surface area contributed by atoms with E-state index in [-0.39, 0.29) is 24.5 Å². The Bertz CT molecular complexity index is 814. The standard InChI is InChI=1S/C19H26N4O3/c1-12(24)16(10-13-11-22-15-7-5-4-6-14(13)15)23-18(26)19(2,21-3)9-8-17(20)25/h4-7,11,16,21-22H,8-10H2,1-3H3,(H2,20,25)(H,23,26)/t16-,19?/m0/s1. The highest BCUT2D eigenvalue weighted by atomic mass is 16.2. The largest absolute Gasteiger partial charge is 0.370 e. The van der Waals surface area contributed by atoms with Gasteiger partial charge in [0.15, 0.2) is 5.78 Å². The lowest BCUT2D eigenvalue weighted by atomic mass is 9.93. The minimum atomic E-state index is -0.983. The zero-order valence-electron chi connectivity index (χ0n) is 15.4. The third-order valence-electron chi connectivity index (χ3n) is 4.82. The van der Waals surface area contributed by atoms with Crippen LogP contribution in [0, 0.1) is 0 Å². The van der Waals surface area contributed by atoms with Gasteiger partial charge in [0.05, 0.1) is 11.6 Å². The van der Waals surface area contributed by atoms with Gasteiger partial charge in [-0.15, -0.1) is 0 Å². The monoisotopic (exact) mass is 358 g/mol. The summed E-state index contributed by atoms with van der Waals surface area (Å²) in [6.45, 7) is 3.15. The van der Waals surface area contributed by atoms with E-state index >= 15 is 0 Å². The highest BCUT2D eigenvalue weighted by Crippen LogP contribution is 2.20. The Morgan fingerprint density at radius 2 is 1.96 bits per heavy atom. The van der Waals surface area contributed by atoms with E-state index in [4.69, 9.17) is 5.73 Å². The average Bonchev–Trinajstić information content (AvgIpc) is 3.02. The third kappa shape index (κ3) is 4.49. The Morgan fingerprint density at radius 3 is 2.58 bits per heavy atom. The summed E-state index contributed by atoms with van der Waals surface area (Å²) in [5.74, 6) is -0.931. The van der Waals surface area contributed by atoms with E-state index in [1.54, 1.807) is 14.0 Å². The molecule has 7 heteroatoms. The number of hydrogen-bond acceptors (Lipinski definition) is 4. The fraction of sp³-hybridized carbons (Fsp3) is 0.421. The average molecular weight is 358 g/mol. The fourth-order valence-electron chi connectivity index (χ4n) is 2.86. The molecule has 0 aliphatic carbocycles. The molecule has 2 atom stereocenters. The molecule has 1 aromatic heterocycles. The molecule has 0 aliphatic heterocycles. The number of aromatic nitrogens is 1. The van der Waals surface area contributed by atoms with Crippen LogP contribution in [0.25, 0.3) is 10.9 Å². The van der Waals surface area contributed by atoms with Crippen LogP contribution in [-0.2, 0) is 20.8 Å². The summed E-state index contributed by atoms with van der Waals surface area (Å²) in [5.41, 5.74) is 6.15. The maximum absolute atomic E-state index is 12.7. The van der Waals surface area contributed by atoms with E-state index in [0.717, 1.165) is 16.5 Å². The van der Waals surface area contributed by atoms with Gasteiger partial charge in [0.2, 0.25) is 11.8 Å². The number of nitrogens with one attached hydrogen (secondary N) is 3. The zero-order chi connectivity index (χ0) is 19.3. The van der Waals surface area contributed by atoms with Gasteiger partial charge in [-0.1, -0.05) is 18.2 Å². The number of hydrogen-bond donors (Lipinski definition) is 4. The first-order valence-corrected chi connectivity index (χ1v) is 8.60. The summed E-state index contributed by atoms with van der Waals surface area (Å²) < 4.78 is 0. The van der Waals surface area contributed by atoms with Crippen LogP contribution in [0.4, 0.5) is 0 Å². The molecule has 7 nitrogen and oxygen atoms in total. The lowest BCUT2D eigenvalue weighted by Gasteiger charge is -2.29. The number of benzene rings is 1. The summed E-state index contributed by atoms with van der Waals surface area (Å²) in [6.07, 6.45) is 2.58. The minimum absolute atomic E-state index is 0.0813. The quantitative estimate of drug-likeness (QED) is 0.535. The second kappa shape index (κ2) is 8.14. The molecule has 0 spiro atoms. The molecule has 26 heavy (non-hydrogen) atoms. The smallest absolute Gasteiger partial charge is 0.240 e. The van der Waals surface area contributed by atoms with E-state index in [0.29, 0.717) is 6.42 Å². The van der Waals surface area contributed by atoms with Crippen LogP contribution in [-0.4, -0.2) is 41.2 Å². The topological polar surface area (TPSA) is 117 Å². The predicted octanol–water partition coefficient (Wildman–Crippen LogP) is 1.03. The molecule has 1 aromatic carbocycles. The van der Waals surface area contributed by atoms with E-state index < -0.39 is 17.5 Å². The number of amides is 2. The number of likely N-dealkylation sites (N-methyl/N-ethyl adjacent to an activating group) is 1. The van der Waals surface area contributed by atoms with Crippen LogP contribution in [0.15, 0.2) is 30.5 Å². The molecule has 0 fully saturated rings. The Kier molecular flexibility index (Phi) is 6.15. The van der Waals surface area contributed by atoms with Gasteiger partial charge < -0.3 is 21.4 Å². The van der Waals surface area contributed by atoms with Crippen molar-refractivity contribution in [3.8, 4) is 0 Å². The summed E-state index contributed by atoms with van der Waals surface area (Å²) in [6, 6.07) is 7.16. The van der Waals surface area contributed by atoms with E-state index in [9.17, 15) is 14.4 Å². The first kappa shape index (κ1) is 19.7. The maximum Gasteiger partial charge on any atom is 0.240 e. The normalized spacial score (nSPS) is 14.6. The van der Waals surface area contributed by atoms with Crippen LogP contribution in [0.2, 0.25) is 0 Å². The second-order valence-corrected chi connectivity index (χ2v) is 6.75. The van der Waals surface area contributed by atoms with Crippen molar-refractivity contribution in [3.63, 3.8) is 0 Å². The summed E-state index contributed by atoms with van der Waals surface area (Å²) >= 11 is 0. The lowest BCUT2D eigenvalue weighted by molar-refractivity contribution is -0.131. The Morgan fingerprint density at radius 1 is 1.27 bits per heavy atom. The van der Waals surface area contributed by atoms with E-state index in [2.05, 4.69) is 15.6 Å². The van der Waals surface area contributed by atoms with Crippen LogP contribution in [0.3, 0.4) is 0 Å². The number of Topliss-reactive ketones (excluding diaryl/α,β-unsaturated/α-hetero) is 1. The second-order valence-electron chi connectivity index (χ2n) is 6.75. The number of primary amides is 1. The zero-order valence-corrected chi connectivity index (χ0v) is 15.4. The maximum atomic E-state index is 12.7. The minimum Gasteiger partial charge on any atom is -0.370 e. The van der Waals surface area contributed by atoms with Crippen LogP contribution >= 0.6 is 0 Å². The predicted molar refractivity (Wildman–Crippen MR) is 101 cm³/mol. The van der Waals surface area contributed by atoms with Crippen LogP contribution < -0.4 is 16.4 Å². The molecule has 5 N–H and O–H groups in total. The Labute approximate surface area is 152 Å². The van der Waals surface area contributed by atoms with Gasteiger partial charge in [0.25, 0.3) is 0 Å². The number of carbonyl (C=O) groups excluding carboxylic acids is 3. The number of H-pyrrole nitrogens is 1. The molecule has 0 saturated carbocycles. The summed E-state index contributed by atoms with van der Waals surface area (Å²) in [4.78, 5) is 39.1. The molecule has 2 rings (SSSR count).